The first-order valence-corrected chi connectivity index (χ1v) is 10.8. The van der Waals surface area contributed by atoms with Crippen molar-refractivity contribution in [1.29, 1.82) is 0 Å². The van der Waals surface area contributed by atoms with E-state index in [-0.39, 0.29) is 11.7 Å². The number of para-hydroxylation sites is 1. The van der Waals surface area contributed by atoms with Crippen molar-refractivity contribution in [2.75, 3.05) is 5.75 Å². The molecule has 0 aliphatic rings. The summed E-state index contributed by atoms with van der Waals surface area (Å²) in [7, 11) is 0. The Morgan fingerprint density at radius 2 is 1.65 bits per heavy atom. The molecule has 0 saturated heterocycles. The van der Waals surface area contributed by atoms with Crippen LogP contribution >= 0.6 is 11.8 Å². The molecule has 0 bridgehead atoms. The van der Waals surface area contributed by atoms with Gasteiger partial charge in [0.05, 0.1) is 12.0 Å². The van der Waals surface area contributed by atoms with Crippen molar-refractivity contribution in [3.8, 4) is 17.1 Å². The molecule has 0 fully saturated rings. The van der Waals surface area contributed by atoms with Gasteiger partial charge in [-0.05, 0) is 24.6 Å². The number of hydrogen-bond donors (Lipinski definition) is 1. The number of nitrogens with zero attached hydrogens (tertiary/aromatic N) is 4. The number of carbonyl (C=O) groups is 1. The average Bonchev–Trinajstić information content (AvgIpc) is 3.23. The lowest BCUT2D eigenvalue weighted by molar-refractivity contribution is -0.118. The zero-order valence-electron chi connectivity index (χ0n) is 17.0. The number of aromatic nitrogens is 3. The van der Waals surface area contributed by atoms with Crippen LogP contribution in [-0.4, -0.2) is 32.6 Å². The SMILES string of the molecule is Cc1ccc(-c2nnc(SCC(=O)N/N=C/c3ccccc3)n2-c2ccccc2)cc1. The standard InChI is InChI=1S/C24H21N5OS/c1-18-12-14-20(15-13-18)23-27-28-24(29(23)21-10-6-3-7-11-21)31-17-22(30)26-25-16-19-8-4-2-5-9-19/h2-16H,17H2,1H3,(H,26,30)/b25-16+. The Kier molecular flexibility index (Phi) is 6.54. The zero-order valence-corrected chi connectivity index (χ0v) is 17.8. The van der Waals surface area contributed by atoms with Gasteiger partial charge in [-0.25, -0.2) is 5.43 Å². The van der Waals surface area contributed by atoms with Crippen molar-refractivity contribution in [1.82, 2.24) is 20.2 Å². The monoisotopic (exact) mass is 427 g/mol. The van der Waals surface area contributed by atoms with E-state index in [1.165, 1.54) is 17.3 Å². The molecule has 3 aromatic carbocycles. The second-order valence-electron chi connectivity index (χ2n) is 6.84. The fraction of sp³-hybridized carbons (Fsp3) is 0.0833. The molecule has 0 atom stereocenters. The second-order valence-corrected chi connectivity index (χ2v) is 7.78. The number of nitrogens with one attached hydrogen (secondary N) is 1. The molecule has 0 aliphatic carbocycles. The third-order valence-electron chi connectivity index (χ3n) is 4.49. The topological polar surface area (TPSA) is 72.2 Å². The highest BCUT2D eigenvalue weighted by Gasteiger charge is 2.17. The van der Waals surface area contributed by atoms with Crippen LogP contribution in [0, 0.1) is 6.92 Å². The number of amides is 1. The molecule has 0 saturated carbocycles. The van der Waals surface area contributed by atoms with E-state index in [9.17, 15) is 4.79 Å². The fourth-order valence-corrected chi connectivity index (χ4v) is 3.69. The Morgan fingerprint density at radius 3 is 2.35 bits per heavy atom. The first-order chi connectivity index (χ1) is 15.2. The third-order valence-corrected chi connectivity index (χ3v) is 5.42. The molecule has 154 valence electrons. The highest BCUT2D eigenvalue weighted by molar-refractivity contribution is 7.99. The number of aryl methyl sites for hydroxylation is 1. The summed E-state index contributed by atoms with van der Waals surface area (Å²) in [4.78, 5) is 12.3. The van der Waals surface area contributed by atoms with Gasteiger partial charge in [-0.3, -0.25) is 9.36 Å². The zero-order chi connectivity index (χ0) is 21.5. The van der Waals surface area contributed by atoms with Gasteiger partial charge in [-0.1, -0.05) is 90.1 Å². The molecule has 31 heavy (non-hydrogen) atoms. The number of thioether (sulfide) groups is 1. The van der Waals surface area contributed by atoms with Gasteiger partial charge in [0.15, 0.2) is 11.0 Å². The molecule has 0 radical (unpaired) electrons. The van der Waals surface area contributed by atoms with Crippen LogP contribution in [-0.2, 0) is 4.79 Å². The number of benzene rings is 3. The molecule has 1 N–H and O–H groups in total. The van der Waals surface area contributed by atoms with Crippen LogP contribution in [0.25, 0.3) is 17.1 Å². The van der Waals surface area contributed by atoms with Crippen LogP contribution < -0.4 is 5.43 Å². The molecule has 0 aliphatic heterocycles. The van der Waals surface area contributed by atoms with E-state index in [0.717, 1.165) is 22.6 Å². The van der Waals surface area contributed by atoms with Crippen molar-refractivity contribution in [3.63, 3.8) is 0 Å². The number of hydrazone groups is 1. The Labute approximate surface area is 185 Å². The van der Waals surface area contributed by atoms with Crippen molar-refractivity contribution in [2.45, 2.75) is 12.1 Å². The maximum atomic E-state index is 12.3. The molecule has 0 unspecified atom stereocenters. The highest BCUT2D eigenvalue weighted by Crippen LogP contribution is 2.28. The van der Waals surface area contributed by atoms with Crippen molar-refractivity contribution in [2.24, 2.45) is 5.10 Å². The summed E-state index contributed by atoms with van der Waals surface area (Å²) < 4.78 is 1.97. The number of carbonyl (C=O) groups excluding carboxylic acids is 1. The van der Waals surface area contributed by atoms with Gasteiger partial charge in [0.25, 0.3) is 5.91 Å². The van der Waals surface area contributed by atoms with Crippen LogP contribution in [0.4, 0.5) is 0 Å². The normalized spacial score (nSPS) is 11.0. The lowest BCUT2D eigenvalue weighted by atomic mass is 10.1. The summed E-state index contributed by atoms with van der Waals surface area (Å²) in [6, 6.07) is 27.6. The number of rotatable bonds is 7. The van der Waals surface area contributed by atoms with Crippen LogP contribution in [0.3, 0.4) is 0 Å². The smallest absolute Gasteiger partial charge is 0.250 e. The minimum Gasteiger partial charge on any atom is -0.272 e. The van der Waals surface area contributed by atoms with Crippen LogP contribution in [0.15, 0.2) is 95.2 Å². The Balaban J connectivity index is 1.51. The molecule has 6 nitrogen and oxygen atoms in total. The first kappa shape index (κ1) is 20.6. The summed E-state index contributed by atoms with van der Waals surface area (Å²) >= 11 is 1.32. The lowest BCUT2D eigenvalue weighted by Crippen LogP contribution is -2.20. The van der Waals surface area contributed by atoms with E-state index in [4.69, 9.17) is 0 Å². The molecule has 1 heterocycles. The van der Waals surface area contributed by atoms with E-state index in [1.807, 2.05) is 96.4 Å². The molecular weight excluding hydrogens is 406 g/mol. The molecule has 0 spiro atoms. The van der Waals surface area contributed by atoms with E-state index in [0.29, 0.717) is 5.16 Å². The van der Waals surface area contributed by atoms with Crippen LogP contribution in [0.2, 0.25) is 0 Å². The van der Waals surface area contributed by atoms with E-state index in [1.54, 1.807) is 6.21 Å². The van der Waals surface area contributed by atoms with Crippen LogP contribution in [0.5, 0.6) is 0 Å². The van der Waals surface area contributed by atoms with Gasteiger partial charge in [-0.2, -0.15) is 5.10 Å². The Bertz CT molecular complexity index is 1170. The fourth-order valence-electron chi connectivity index (χ4n) is 2.94. The minimum absolute atomic E-state index is 0.172. The summed E-state index contributed by atoms with van der Waals surface area (Å²) in [6.07, 6.45) is 1.62. The molecule has 4 rings (SSSR count). The average molecular weight is 428 g/mol. The maximum Gasteiger partial charge on any atom is 0.250 e. The predicted molar refractivity (Wildman–Crippen MR) is 124 cm³/mol. The summed E-state index contributed by atoms with van der Waals surface area (Å²) in [5.41, 5.74) is 6.56. The molecule has 4 aromatic rings. The van der Waals surface area contributed by atoms with Gasteiger partial charge >= 0.3 is 0 Å². The van der Waals surface area contributed by atoms with Gasteiger partial charge in [0.1, 0.15) is 0 Å². The summed E-state index contributed by atoms with van der Waals surface area (Å²) in [5.74, 6) is 0.693. The van der Waals surface area contributed by atoms with Crippen molar-refractivity contribution < 1.29 is 4.79 Å². The van der Waals surface area contributed by atoms with E-state index >= 15 is 0 Å². The molecule has 1 aromatic heterocycles. The first-order valence-electron chi connectivity index (χ1n) is 9.78. The summed E-state index contributed by atoms with van der Waals surface area (Å²) in [6.45, 7) is 2.05. The molecule has 1 amide bonds. The minimum atomic E-state index is -0.211. The van der Waals surface area contributed by atoms with Gasteiger partial charge in [0.2, 0.25) is 0 Å². The second kappa shape index (κ2) is 9.86. The maximum absolute atomic E-state index is 12.3. The quantitative estimate of drug-likeness (QED) is 0.268. The van der Waals surface area contributed by atoms with Crippen LogP contribution in [0.1, 0.15) is 11.1 Å². The molecular formula is C24H21N5OS. The van der Waals surface area contributed by atoms with Crippen molar-refractivity contribution >= 4 is 23.9 Å². The summed E-state index contributed by atoms with van der Waals surface area (Å²) in [5, 5.41) is 13.4. The molecule has 7 heteroatoms. The Hall–Kier alpha value is -3.71. The lowest BCUT2D eigenvalue weighted by Gasteiger charge is -2.10. The Morgan fingerprint density at radius 1 is 0.968 bits per heavy atom. The van der Waals surface area contributed by atoms with Gasteiger partial charge < -0.3 is 0 Å². The largest absolute Gasteiger partial charge is 0.272 e. The van der Waals surface area contributed by atoms with E-state index in [2.05, 4.69) is 20.7 Å². The third kappa shape index (κ3) is 5.26. The van der Waals surface area contributed by atoms with Gasteiger partial charge in [0, 0.05) is 11.3 Å². The predicted octanol–water partition coefficient (Wildman–Crippen LogP) is 4.49. The van der Waals surface area contributed by atoms with Gasteiger partial charge in [-0.15, -0.1) is 10.2 Å². The highest BCUT2D eigenvalue weighted by atomic mass is 32.2. The number of hydrogen-bond acceptors (Lipinski definition) is 5. The van der Waals surface area contributed by atoms with E-state index < -0.39 is 0 Å². The van der Waals surface area contributed by atoms with Crippen molar-refractivity contribution in [3.05, 3.63) is 96.1 Å².